The third kappa shape index (κ3) is 5.70. The number of nitrogens with zero attached hydrogens (tertiary/aromatic N) is 1. The highest BCUT2D eigenvalue weighted by Gasteiger charge is 2.07. The van der Waals surface area contributed by atoms with Gasteiger partial charge < -0.3 is 5.32 Å². The van der Waals surface area contributed by atoms with E-state index in [4.69, 9.17) is 23.2 Å². The summed E-state index contributed by atoms with van der Waals surface area (Å²) in [4.78, 5) is 4.50. The smallest absolute Gasteiger partial charge is 0.166 e. The van der Waals surface area contributed by atoms with E-state index in [0.29, 0.717) is 22.3 Å². The van der Waals surface area contributed by atoms with Crippen LogP contribution in [0.1, 0.15) is 5.56 Å². The molecule has 0 fully saturated rings. The molecular formula is C20H14Cl2F2N2S. The number of hydrogen-bond acceptors (Lipinski definition) is 2. The second kappa shape index (κ2) is 9.22. The van der Waals surface area contributed by atoms with Crippen molar-refractivity contribution in [3.8, 4) is 0 Å². The van der Waals surface area contributed by atoms with Crippen LogP contribution in [0.4, 0.5) is 20.2 Å². The summed E-state index contributed by atoms with van der Waals surface area (Å²) < 4.78 is 26.8. The molecular weight excluding hydrogens is 409 g/mol. The Labute approximate surface area is 170 Å². The molecule has 2 nitrogen and oxygen atoms in total. The molecule has 3 aromatic rings. The molecule has 0 bridgehead atoms. The van der Waals surface area contributed by atoms with Gasteiger partial charge in [-0.15, -0.1) is 0 Å². The quantitative estimate of drug-likeness (QED) is 0.352. The van der Waals surface area contributed by atoms with Crippen molar-refractivity contribution in [2.75, 3.05) is 5.32 Å². The van der Waals surface area contributed by atoms with Crippen molar-refractivity contribution in [2.45, 2.75) is 5.75 Å². The Hall–Kier alpha value is -2.08. The predicted molar refractivity (Wildman–Crippen MR) is 111 cm³/mol. The highest BCUT2D eigenvalue weighted by molar-refractivity contribution is 8.13. The number of rotatable bonds is 4. The van der Waals surface area contributed by atoms with E-state index >= 15 is 0 Å². The lowest BCUT2D eigenvalue weighted by Crippen LogP contribution is -2.08. The Morgan fingerprint density at radius 3 is 2.22 bits per heavy atom. The molecule has 3 rings (SSSR count). The number of thioether (sulfide) groups is 1. The van der Waals surface area contributed by atoms with Gasteiger partial charge in [0.1, 0.15) is 11.6 Å². The van der Waals surface area contributed by atoms with Crippen LogP contribution in [0.25, 0.3) is 0 Å². The minimum absolute atomic E-state index is 0.00603. The second-order valence-electron chi connectivity index (χ2n) is 5.54. The molecule has 138 valence electrons. The Morgan fingerprint density at radius 2 is 1.56 bits per heavy atom. The molecule has 0 unspecified atom stereocenters. The number of halogens is 4. The maximum Gasteiger partial charge on any atom is 0.166 e. The van der Waals surface area contributed by atoms with Crippen LogP contribution in [0, 0.1) is 11.6 Å². The van der Waals surface area contributed by atoms with Gasteiger partial charge in [-0.05, 0) is 42.0 Å². The summed E-state index contributed by atoms with van der Waals surface area (Å²) in [6.45, 7) is 0. The van der Waals surface area contributed by atoms with Crippen molar-refractivity contribution >= 4 is 51.5 Å². The minimum Gasteiger partial charge on any atom is -0.335 e. The van der Waals surface area contributed by atoms with Gasteiger partial charge in [0.2, 0.25) is 0 Å². The molecule has 27 heavy (non-hydrogen) atoms. The monoisotopic (exact) mass is 422 g/mol. The number of anilines is 1. The molecule has 0 amide bonds. The minimum atomic E-state index is -0.507. The van der Waals surface area contributed by atoms with Crippen LogP contribution >= 0.6 is 35.0 Å². The Balaban J connectivity index is 1.85. The fourth-order valence-corrected chi connectivity index (χ4v) is 3.40. The normalized spacial score (nSPS) is 11.5. The van der Waals surface area contributed by atoms with Crippen molar-refractivity contribution < 1.29 is 8.78 Å². The van der Waals surface area contributed by atoms with Crippen molar-refractivity contribution in [1.82, 2.24) is 0 Å². The number of amidine groups is 1. The first-order valence-electron chi connectivity index (χ1n) is 7.94. The summed E-state index contributed by atoms with van der Waals surface area (Å²) in [6.07, 6.45) is 0. The molecule has 3 aromatic carbocycles. The lowest BCUT2D eigenvalue weighted by molar-refractivity contribution is 0.628. The summed E-state index contributed by atoms with van der Waals surface area (Å²) in [7, 11) is 0. The lowest BCUT2D eigenvalue weighted by atomic mass is 10.2. The van der Waals surface area contributed by atoms with Gasteiger partial charge in [-0.25, -0.2) is 13.8 Å². The van der Waals surface area contributed by atoms with E-state index in [0.717, 1.165) is 5.56 Å². The van der Waals surface area contributed by atoms with Crippen molar-refractivity contribution in [3.05, 3.63) is 94.0 Å². The average molecular weight is 423 g/mol. The topological polar surface area (TPSA) is 24.4 Å². The van der Waals surface area contributed by atoms with Gasteiger partial charge in [0.25, 0.3) is 0 Å². The van der Waals surface area contributed by atoms with E-state index in [1.807, 2.05) is 30.3 Å². The zero-order chi connectivity index (χ0) is 19.2. The second-order valence-corrected chi connectivity index (χ2v) is 7.32. The van der Waals surface area contributed by atoms with Gasteiger partial charge >= 0.3 is 0 Å². The fraction of sp³-hybridized carbons (Fsp3) is 0.0500. The van der Waals surface area contributed by atoms with E-state index in [9.17, 15) is 8.78 Å². The average Bonchev–Trinajstić information content (AvgIpc) is 2.66. The number of hydrogen-bond donors (Lipinski definition) is 1. The highest BCUT2D eigenvalue weighted by atomic mass is 35.5. The maximum absolute atomic E-state index is 13.4. The van der Waals surface area contributed by atoms with Gasteiger partial charge in [-0.2, -0.15) is 0 Å². The van der Waals surface area contributed by atoms with Crippen LogP contribution < -0.4 is 5.32 Å². The molecule has 7 heteroatoms. The molecule has 0 spiro atoms. The molecule has 0 saturated carbocycles. The molecule has 0 aliphatic rings. The fourth-order valence-electron chi connectivity index (χ4n) is 2.19. The third-order valence-corrected chi connectivity index (χ3v) is 5.05. The molecule has 0 aliphatic carbocycles. The van der Waals surface area contributed by atoms with Crippen LogP contribution in [0.15, 0.2) is 71.7 Å². The van der Waals surface area contributed by atoms with E-state index in [2.05, 4.69) is 10.3 Å². The molecule has 0 saturated heterocycles. The molecule has 0 heterocycles. The predicted octanol–water partition coefficient (Wildman–Crippen LogP) is 7.30. The Morgan fingerprint density at radius 1 is 0.889 bits per heavy atom. The van der Waals surface area contributed by atoms with Gasteiger partial charge in [0.05, 0.1) is 15.7 Å². The lowest BCUT2D eigenvalue weighted by Gasteiger charge is -2.11. The molecule has 0 aliphatic heterocycles. The van der Waals surface area contributed by atoms with Crippen LogP contribution in [0.2, 0.25) is 10.0 Å². The van der Waals surface area contributed by atoms with E-state index in [1.54, 1.807) is 6.07 Å². The largest absolute Gasteiger partial charge is 0.335 e. The first-order chi connectivity index (χ1) is 13.0. The van der Waals surface area contributed by atoms with Crippen molar-refractivity contribution in [3.63, 3.8) is 0 Å². The SMILES string of the molecule is Fc1ccc(N=C(Nc2ccc(F)c(Cl)c2)SCc2ccccc2)cc1Cl. The molecule has 0 atom stereocenters. The zero-order valence-corrected chi connectivity index (χ0v) is 16.3. The van der Waals surface area contributed by atoms with Crippen molar-refractivity contribution in [1.29, 1.82) is 0 Å². The number of benzene rings is 3. The van der Waals surface area contributed by atoms with Gasteiger partial charge in [-0.3, -0.25) is 0 Å². The summed E-state index contributed by atoms with van der Waals surface area (Å²) in [6, 6.07) is 18.4. The Kier molecular flexibility index (Phi) is 6.72. The zero-order valence-electron chi connectivity index (χ0n) is 13.9. The van der Waals surface area contributed by atoms with E-state index < -0.39 is 11.6 Å². The molecule has 0 radical (unpaired) electrons. The van der Waals surface area contributed by atoms with Crippen LogP contribution in [-0.2, 0) is 5.75 Å². The van der Waals surface area contributed by atoms with E-state index in [1.165, 1.54) is 42.1 Å². The van der Waals surface area contributed by atoms with Gasteiger partial charge in [0, 0.05) is 11.4 Å². The van der Waals surface area contributed by atoms with Crippen molar-refractivity contribution in [2.24, 2.45) is 4.99 Å². The number of nitrogens with one attached hydrogen (secondary N) is 1. The Bertz CT molecular complexity index is 965. The maximum atomic E-state index is 13.4. The van der Waals surface area contributed by atoms with Gasteiger partial charge in [0.15, 0.2) is 5.17 Å². The van der Waals surface area contributed by atoms with Crippen LogP contribution in [-0.4, -0.2) is 5.17 Å². The standard InChI is InChI=1S/C20H14Cl2F2N2S/c21-16-10-14(6-8-18(16)23)25-20(27-12-13-4-2-1-3-5-13)26-15-7-9-19(24)17(22)11-15/h1-11H,12H2,(H,25,26). The summed E-state index contributed by atoms with van der Waals surface area (Å²) in [5.41, 5.74) is 2.21. The number of aliphatic imine (C=N–C) groups is 1. The summed E-state index contributed by atoms with van der Waals surface area (Å²) >= 11 is 13.1. The van der Waals surface area contributed by atoms with Gasteiger partial charge in [-0.1, -0.05) is 65.3 Å². The summed E-state index contributed by atoms with van der Waals surface area (Å²) in [5.74, 6) is -0.341. The van der Waals surface area contributed by atoms with Crippen LogP contribution in [0.5, 0.6) is 0 Å². The highest BCUT2D eigenvalue weighted by Crippen LogP contribution is 2.26. The third-order valence-electron chi connectivity index (χ3n) is 3.52. The molecule has 1 N–H and O–H groups in total. The first-order valence-corrected chi connectivity index (χ1v) is 9.68. The van der Waals surface area contributed by atoms with E-state index in [-0.39, 0.29) is 10.0 Å². The summed E-state index contributed by atoms with van der Waals surface area (Å²) in [5, 5.41) is 3.68. The first kappa shape index (κ1) is 19.7. The molecule has 0 aromatic heterocycles. The van der Waals surface area contributed by atoms with Crippen LogP contribution in [0.3, 0.4) is 0 Å².